The molecule has 0 bridgehead atoms. The third-order valence-corrected chi connectivity index (χ3v) is 5.14. The van der Waals surface area contributed by atoms with Gasteiger partial charge in [-0.3, -0.25) is 9.59 Å². The molecule has 0 radical (unpaired) electrons. The molecule has 0 saturated carbocycles. The molecule has 0 spiro atoms. The number of benzene rings is 2. The van der Waals surface area contributed by atoms with Crippen molar-refractivity contribution >= 4 is 17.5 Å². The maximum absolute atomic E-state index is 13.7. The van der Waals surface area contributed by atoms with Gasteiger partial charge in [0.2, 0.25) is 5.91 Å². The Bertz CT molecular complexity index is 1160. The molecule has 0 fully saturated rings. The third kappa shape index (κ3) is 3.30. The average Bonchev–Trinajstić information content (AvgIpc) is 3.08. The molecule has 1 aliphatic heterocycles. The van der Waals surface area contributed by atoms with Crippen LogP contribution in [0, 0.1) is 12.7 Å². The minimum absolute atomic E-state index is 0.00411. The van der Waals surface area contributed by atoms with Gasteiger partial charge in [-0.1, -0.05) is 6.07 Å². The number of aromatic nitrogens is 2. The number of nitrogens with zero attached hydrogens (tertiary/aromatic N) is 2. The van der Waals surface area contributed by atoms with Gasteiger partial charge in [0.15, 0.2) is 17.3 Å². The van der Waals surface area contributed by atoms with Crippen molar-refractivity contribution in [3.8, 4) is 17.2 Å². The zero-order chi connectivity index (χ0) is 21.4. The highest BCUT2D eigenvalue weighted by Gasteiger charge is 2.36. The van der Waals surface area contributed by atoms with Crippen LogP contribution in [0.5, 0.6) is 11.5 Å². The summed E-state index contributed by atoms with van der Waals surface area (Å²) in [4.78, 5) is 25.8. The lowest BCUT2D eigenvalue weighted by molar-refractivity contribution is -0.116. The molecule has 7 nitrogen and oxygen atoms in total. The van der Waals surface area contributed by atoms with Gasteiger partial charge in [-0.05, 0) is 43.3 Å². The second-order valence-electron chi connectivity index (χ2n) is 6.98. The van der Waals surface area contributed by atoms with Crippen molar-refractivity contribution in [2.45, 2.75) is 19.3 Å². The van der Waals surface area contributed by atoms with E-state index in [2.05, 4.69) is 10.4 Å². The Balaban J connectivity index is 1.79. The summed E-state index contributed by atoms with van der Waals surface area (Å²) in [5.74, 6) is -0.355. The van der Waals surface area contributed by atoms with Gasteiger partial charge in [-0.15, -0.1) is 0 Å². The number of Topliss-reactive ketones (excluding diaryl/α,β-unsaturated/α-hetero) is 1. The monoisotopic (exact) mass is 409 g/mol. The van der Waals surface area contributed by atoms with Crippen LogP contribution in [0.25, 0.3) is 5.69 Å². The maximum atomic E-state index is 13.7. The fourth-order valence-corrected chi connectivity index (χ4v) is 3.76. The number of methoxy groups -OCH3 is 2. The predicted octanol–water partition coefficient (Wildman–Crippen LogP) is 3.65. The molecule has 30 heavy (non-hydrogen) atoms. The fraction of sp³-hybridized carbons (Fsp3) is 0.227. The summed E-state index contributed by atoms with van der Waals surface area (Å²) in [5.41, 5.74) is 2.07. The Morgan fingerprint density at radius 2 is 1.93 bits per heavy atom. The Hall–Kier alpha value is -3.68. The summed E-state index contributed by atoms with van der Waals surface area (Å²) in [7, 11) is 3.01. The van der Waals surface area contributed by atoms with Gasteiger partial charge in [0.1, 0.15) is 11.6 Å². The first-order valence-electron chi connectivity index (χ1n) is 9.34. The molecule has 1 atom stereocenters. The van der Waals surface area contributed by atoms with E-state index in [0.29, 0.717) is 39.8 Å². The van der Waals surface area contributed by atoms with Crippen LogP contribution in [-0.4, -0.2) is 35.7 Å². The number of amides is 1. The van der Waals surface area contributed by atoms with Gasteiger partial charge in [0.25, 0.3) is 0 Å². The van der Waals surface area contributed by atoms with E-state index >= 15 is 0 Å². The number of ketones is 1. The van der Waals surface area contributed by atoms with Crippen LogP contribution in [0.2, 0.25) is 0 Å². The van der Waals surface area contributed by atoms with Crippen molar-refractivity contribution in [2.75, 3.05) is 19.5 Å². The second-order valence-corrected chi connectivity index (χ2v) is 6.98. The number of hydrogen-bond donors (Lipinski definition) is 1. The molecular weight excluding hydrogens is 389 g/mol. The van der Waals surface area contributed by atoms with Crippen LogP contribution in [0.15, 0.2) is 42.5 Å². The lowest BCUT2D eigenvalue weighted by Gasteiger charge is -2.23. The standard InChI is InChI=1S/C22H20FN3O4/c1-12-20-16(21(28)13-7-8-17(29-2)18(9-13)30-3)11-19(27)24-22(20)26(25-12)15-6-4-5-14(23)10-15/h4-10,16H,11H2,1-3H3,(H,24,27). The van der Waals surface area contributed by atoms with Gasteiger partial charge >= 0.3 is 0 Å². The molecule has 1 unspecified atom stereocenters. The van der Waals surface area contributed by atoms with Crippen LogP contribution < -0.4 is 14.8 Å². The van der Waals surface area contributed by atoms with E-state index < -0.39 is 11.7 Å². The average molecular weight is 409 g/mol. The summed E-state index contributed by atoms with van der Waals surface area (Å²) in [6.07, 6.45) is -0.00411. The highest BCUT2D eigenvalue weighted by molar-refractivity contribution is 6.08. The van der Waals surface area contributed by atoms with Crippen molar-refractivity contribution < 1.29 is 23.5 Å². The van der Waals surface area contributed by atoms with E-state index in [9.17, 15) is 14.0 Å². The maximum Gasteiger partial charge on any atom is 0.226 e. The van der Waals surface area contributed by atoms with Crippen molar-refractivity contribution in [2.24, 2.45) is 0 Å². The first-order chi connectivity index (χ1) is 14.4. The van der Waals surface area contributed by atoms with Crippen LogP contribution in [0.1, 0.15) is 34.0 Å². The summed E-state index contributed by atoms with van der Waals surface area (Å²) < 4.78 is 25.7. The molecule has 4 rings (SSSR count). The van der Waals surface area contributed by atoms with E-state index in [1.54, 1.807) is 37.3 Å². The molecule has 3 aromatic rings. The zero-order valence-corrected chi connectivity index (χ0v) is 16.7. The second kappa shape index (κ2) is 7.62. The van der Waals surface area contributed by atoms with Gasteiger partial charge in [0.05, 0.1) is 31.5 Å². The molecule has 1 N–H and O–H groups in total. The minimum atomic E-state index is -0.714. The molecule has 154 valence electrons. The van der Waals surface area contributed by atoms with Crippen molar-refractivity contribution in [3.63, 3.8) is 0 Å². The van der Waals surface area contributed by atoms with Crippen molar-refractivity contribution in [3.05, 3.63) is 65.1 Å². The summed E-state index contributed by atoms with van der Waals surface area (Å²) in [6.45, 7) is 1.76. The lowest BCUT2D eigenvalue weighted by atomic mass is 9.85. The Morgan fingerprint density at radius 1 is 1.17 bits per heavy atom. The summed E-state index contributed by atoms with van der Waals surface area (Å²) in [6, 6.07) is 10.8. The van der Waals surface area contributed by atoms with Crippen molar-refractivity contribution in [1.82, 2.24) is 9.78 Å². The largest absolute Gasteiger partial charge is 0.493 e. The minimum Gasteiger partial charge on any atom is -0.493 e. The molecule has 0 saturated heterocycles. The first kappa shape index (κ1) is 19.6. The number of ether oxygens (including phenoxy) is 2. The Labute approximate surface area is 172 Å². The number of carbonyl (C=O) groups excluding carboxylic acids is 2. The zero-order valence-electron chi connectivity index (χ0n) is 16.7. The number of anilines is 1. The molecule has 1 aliphatic rings. The van der Waals surface area contributed by atoms with Gasteiger partial charge in [-0.25, -0.2) is 9.07 Å². The summed E-state index contributed by atoms with van der Waals surface area (Å²) >= 11 is 0. The number of nitrogens with one attached hydrogen (secondary N) is 1. The smallest absolute Gasteiger partial charge is 0.226 e. The highest BCUT2D eigenvalue weighted by atomic mass is 19.1. The molecular formula is C22H20FN3O4. The topological polar surface area (TPSA) is 82.5 Å². The van der Waals surface area contributed by atoms with Crippen LogP contribution in [-0.2, 0) is 4.79 Å². The van der Waals surface area contributed by atoms with E-state index in [-0.39, 0.29) is 18.1 Å². The number of carbonyl (C=O) groups is 2. The number of hydrogen-bond acceptors (Lipinski definition) is 5. The fourth-order valence-electron chi connectivity index (χ4n) is 3.76. The lowest BCUT2D eigenvalue weighted by Crippen LogP contribution is -2.28. The third-order valence-electron chi connectivity index (χ3n) is 5.14. The van der Waals surface area contributed by atoms with Gasteiger partial charge in [0, 0.05) is 17.5 Å². The molecule has 8 heteroatoms. The Kier molecular flexibility index (Phi) is 4.99. The normalized spacial score (nSPS) is 15.3. The van der Waals surface area contributed by atoms with E-state index in [1.165, 1.54) is 31.0 Å². The van der Waals surface area contributed by atoms with Gasteiger partial charge in [-0.2, -0.15) is 5.10 Å². The Morgan fingerprint density at radius 3 is 2.63 bits per heavy atom. The van der Waals surface area contributed by atoms with Gasteiger partial charge < -0.3 is 14.8 Å². The van der Waals surface area contributed by atoms with Crippen LogP contribution in [0.4, 0.5) is 10.2 Å². The molecule has 2 heterocycles. The summed E-state index contributed by atoms with van der Waals surface area (Å²) in [5, 5.41) is 7.25. The number of aryl methyl sites for hydroxylation is 1. The SMILES string of the molecule is COc1ccc(C(=O)C2CC(=O)Nc3c2c(C)nn3-c2cccc(F)c2)cc1OC. The number of halogens is 1. The molecule has 1 amide bonds. The first-order valence-corrected chi connectivity index (χ1v) is 9.34. The quantitative estimate of drug-likeness (QED) is 0.651. The van der Waals surface area contributed by atoms with E-state index in [0.717, 1.165) is 0 Å². The predicted molar refractivity (Wildman–Crippen MR) is 108 cm³/mol. The number of fused-ring (bicyclic) bond motifs is 1. The van der Waals surface area contributed by atoms with Crippen molar-refractivity contribution in [1.29, 1.82) is 0 Å². The highest BCUT2D eigenvalue weighted by Crippen LogP contribution is 2.39. The molecule has 1 aromatic heterocycles. The molecule has 0 aliphatic carbocycles. The van der Waals surface area contributed by atoms with E-state index in [4.69, 9.17) is 9.47 Å². The number of rotatable bonds is 5. The van der Waals surface area contributed by atoms with Crippen LogP contribution >= 0.6 is 0 Å². The van der Waals surface area contributed by atoms with E-state index in [1.807, 2.05) is 0 Å². The van der Waals surface area contributed by atoms with Crippen LogP contribution in [0.3, 0.4) is 0 Å². The molecule has 2 aromatic carbocycles.